The minimum absolute atomic E-state index is 0.00742. The molecule has 1 aliphatic heterocycles. The summed E-state index contributed by atoms with van der Waals surface area (Å²) in [4.78, 5) is 26.0. The molecule has 1 N–H and O–H groups in total. The van der Waals surface area contributed by atoms with E-state index in [1.165, 1.54) is 30.2 Å². The van der Waals surface area contributed by atoms with Crippen LogP contribution in [-0.2, 0) is 15.8 Å². The van der Waals surface area contributed by atoms with E-state index in [-0.39, 0.29) is 24.4 Å². The minimum Gasteiger partial charge on any atom is -0.497 e. The predicted octanol–water partition coefficient (Wildman–Crippen LogP) is 3.22. The molecular weight excluding hydrogens is 387 g/mol. The van der Waals surface area contributed by atoms with E-state index in [0.717, 1.165) is 12.3 Å². The lowest BCUT2D eigenvalue weighted by Gasteiger charge is -2.16. The second kappa shape index (κ2) is 8.34. The number of hydrazone groups is 1. The summed E-state index contributed by atoms with van der Waals surface area (Å²) in [6.45, 7) is 0.158. The van der Waals surface area contributed by atoms with E-state index in [1.807, 2.05) is 0 Å². The standard InChI is InChI=1S/C20H18F3N3O3/c1-29-16-8-6-15(7-9-16)26-12-14(10-18(26)27)19(28)25-24-11-13-4-2-3-5-17(13)20(21,22)23/h2-9,11,14H,10,12H2,1H3,(H,25,28)/b24-11+. The summed E-state index contributed by atoms with van der Waals surface area (Å²) in [6, 6.07) is 11.7. The summed E-state index contributed by atoms with van der Waals surface area (Å²) >= 11 is 0. The monoisotopic (exact) mass is 405 g/mol. The second-order valence-electron chi connectivity index (χ2n) is 6.42. The maximum atomic E-state index is 13.0. The number of rotatable bonds is 5. The van der Waals surface area contributed by atoms with Crippen molar-refractivity contribution in [3.8, 4) is 5.75 Å². The fourth-order valence-electron chi connectivity index (χ4n) is 3.02. The molecule has 0 aliphatic carbocycles. The molecule has 1 heterocycles. The molecule has 0 bridgehead atoms. The minimum atomic E-state index is -4.52. The Balaban J connectivity index is 1.63. The third-order valence-electron chi connectivity index (χ3n) is 4.52. The predicted molar refractivity (Wildman–Crippen MR) is 101 cm³/mol. The molecule has 1 unspecified atom stereocenters. The summed E-state index contributed by atoms with van der Waals surface area (Å²) in [5.41, 5.74) is 1.85. The number of nitrogens with one attached hydrogen (secondary N) is 1. The van der Waals surface area contributed by atoms with Gasteiger partial charge < -0.3 is 9.64 Å². The number of benzene rings is 2. The van der Waals surface area contributed by atoms with Gasteiger partial charge in [0.2, 0.25) is 11.8 Å². The molecule has 0 saturated carbocycles. The first-order valence-corrected chi connectivity index (χ1v) is 8.73. The third kappa shape index (κ3) is 4.74. The van der Waals surface area contributed by atoms with Crippen molar-refractivity contribution in [1.82, 2.24) is 5.43 Å². The van der Waals surface area contributed by atoms with Gasteiger partial charge >= 0.3 is 6.18 Å². The molecule has 1 saturated heterocycles. The van der Waals surface area contributed by atoms with Gasteiger partial charge in [0, 0.05) is 24.2 Å². The van der Waals surface area contributed by atoms with E-state index >= 15 is 0 Å². The zero-order chi connectivity index (χ0) is 21.0. The fourth-order valence-corrected chi connectivity index (χ4v) is 3.02. The van der Waals surface area contributed by atoms with Gasteiger partial charge in [-0.2, -0.15) is 18.3 Å². The van der Waals surface area contributed by atoms with Crippen LogP contribution in [-0.4, -0.2) is 31.7 Å². The van der Waals surface area contributed by atoms with Gasteiger partial charge in [-0.05, 0) is 30.3 Å². The Morgan fingerprint density at radius 3 is 2.55 bits per heavy atom. The van der Waals surface area contributed by atoms with E-state index in [0.29, 0.717) is 11.4 Å². The van der Waals surface area contributed by atoms with Crippen molar-refractivity contribution in [1.29, 1.82) is 0 Å². The smallest absolute Gasteiger partial charge is 0.417 e. The average molecular weight is 405 g/mol. The Kier molecular flexibility index (Phi) is 5.86. The summed E-state index contributed by atoms with van der Waals surface area (Å²) < 4.78 is 44.0. The lowest BCUT2D eigenvalue weighted by molar-refractivity contribution is -0.137. The SMILES string of the molecule is COc1ccc(N2CC(C(=O)N/N=C/c3ccccc3C(F)(F)F)CC2=O)cc1. The number of carbonyl (C=O) groups is 2. The van der Waals surface area contributed by atoms with Crippen LogP contribution in [0.3, 0.4) is 0 Å². The van der Waals surface area contributed by atoms with Crippen molar-refractivity contribution in [2.24, 2.45) is 11.0 Å². The van der Waals surface area contributed by atoms with Gasteiger partial charge in [-0.1, -0.05) is 18.2 Å². The summed E-state index contributed by atoms with van der Waals surface area (Å²) in [7, 11) is 1.53. The number of ether oxygens (including phenoxy) is 1. The maximum Gasteiger partial charge on any atom is 0.417 e. The van der Waals surface area contributed by atoms with Gasteiger partial charge in [-0.15, -0.1) is 0 Å². The Labute approximate surface area is 165 Å². The van der Waals surface area contributed by atoms with E-state index in [2.05, 4.69) is 10.5 Å². The summed E-state index contributed by atoms with van der Waals surface area (Å²) in [5.74, 6) is -0.764. The molecule has 1 aliphatic rings. The molecule has 152 valence electrons. The molecule has 29 heavy (non-hydrogen) atoms. The van der Waals surface area contributed by atoms with Crippen LogP contribution in [0, 0.1) is 5.92 Å². The van der Waals surface area contributed by atoms with Crippen LogP contribution in [0.2, 0.25) is 0 Å². The lowest BCUT2D eigenvalue weighted by Crippen LogP contribution is -2.30. The molecule has 2 aromatic rings. The van der Waals surface area contributed by atoms with Crippen LogP contribution >= 0.6 is 0 Å². The summed E-state index contributed by atoms with van der Waals surface area (Å²) in [6.07, 6.45) is -3.59. The van der Waals surface area contributed by atoms with Crippen LogP contribution in [0.1, 0.15) is 17.5 Å². The Morgan fingerprint density at radius 2 is 1.90 bits per heavy atom. The van der Waals surface area contributed by atoms with Gasteiger partial charge in [-0.25, -0.2) is 5.43 Å². The van der Waals surface area contributed by atoms with Crippen molar-refractivity contribution in [2.75, 3.05) is 18.6 Å². The largest absolute Gasteiger partial charge is 0.497 e. The molecule has 1 atom stereocenters. The third-order valence-corrected chi connectivity index (χ3v) is 4.52. The average Bonchev–Trinajstić information content (AvgIpc) is 3.09. The van der Waals surface area contributed by atoms with Crippen LogP contribution < -0.4 is 15.1 Å². The molecule has 1 fully saturated rings. The fraction of sp³-hybridized carbons (Fsp3) is 0.250. The van der Waals surface area contributed by atoms with Crippen LogP contribution in [0.4, 0.5) is 18.9 Å². The maximum absolute atomic E-state index is 13.0. The van der Waals surface area contributed by atoms with Crippen molar-refractivity contribution >= 4 is 23.7 Å². The Hall–Kier alpha value is -3.36. The lowest BCUT2D eigenvalue weighted by atomic mass is 10.1. The van der Waals surface area contributed by atoms with E-state index in [1.54, 1.807) is 24.3 Å². The Morgan fingerprint density at radius 1 is 1.21 bits per heavy atom. The number of nitrogens with zero attached hydrogens (tertiary/aromatic N) is 2. The molecule has 9 heteroatoms. The molecule has 0 spiro atoms. The number of alkyl halides is 3. The number of carbonyl (C=O) groups excluding carboxylic acids is 2. The van der Waals surface area contributed by atoms with Gasteiger partial charge in [0.05, 0.1) is 24.8 Å². The van der Waals surface area contributed by atoms with Crippen molar-refractivity contribution < 1.29 is 27.5 Å². The van der Waals surface area contributed by atoms with Crippen LogP contribution in [0.15, 0.2) is 53.6 Å². The van der Waals surface area contributed by atoms with E-state index in [9.17, 15) is 22.8 Å². The number of hydrogen-bond acceptors (Lipinski definition) is 4. The topological polar surface area (TPSA) is 71.0 Å². The van der Waals surface area contributed by atoms with E-state index in [4.69, 9.17) is 4.74 Å². The van der Waals surface area contributed by atoms with E-state index < -0.39 is 23.6 Å². The van der Waals surface area contributed by atoms with Crippen molar-refractivity contribution in [2.45, 2.75) is 12.6 Å². The molecular formula is C20H18F3N3O3. The molecule has 3 rings (SSSR count). The molecule has 0 radical (unpaired) electrons. The number of halogens is 3. The number of anilines is 1. The van der Waals surface area contributed by atoms with Crippen LogP contribution in [0.25, 0.3) is 0 Å². The quantitative estimate of drug-likeness (QED) is 0.613. The van der Waals surface area contributed by atoms with Crippen molar-refractivity contribution in [3.63, 3.8) is 0 Å². The van der Waals surface area contributed by atoms with Crippen LogP contribution in [0.5, 0.6) is 5.75 Å². The Bertz CT molecular complexity index is 927. The highest BCUT2D eigenvalue weighted by Crippen LogP contribution is 2.31. The first kappa shape index (κ1) is 20.4. The summed E-state index contributed by atoms with van der Waals surface area (Å²) in [5, 5.41) is 3.63. The van der Waals surface area contributed by atoms with Crippen molar-refractivity contribution in [3.05, 3.63) is 59.7 Å². The molecule has 2 amide bonds. The highest BCUT2D eigenvalue weighted by Gasteiger charge is 2.35. The second-order valence-corrected chi connectivity index (χ2v) is 6.42. The number of methoxy groups -OCH3 is 1. The highest BCUT2D eigenvalue weighted by atomic mass is 19.4. The first-order valence-electron chi connectivity index (χ1n) is 8.73. The first-order chi connectivity index (χ1) is 13.8. The van der Waals surface area contributed by atoms with Gasteiger partial charge in [-0.3, -0.25) is 9.59 Å². The van der Waals surface area contributed by atoms with Gasteiger partial charge in [0.25, 0.3) is 0 Å². The molecule has 0 aromatic heterocycles. The zero-order valence-corrected chi connectivity index (χ0v) is 15.4. The highest BCUT2D eigenvalue weighted by molar-refractivity contribution is 6.00. The number of hydrogen-bond donors (Lipinski definition) is 1. The van der Waals surface area contributed by atoms with Gasteiger partial charge in [0.1, 0.15) is 5.75 Å². The zero-order valence-electron chi connectivity index (χ0n) is 15.4. The molecule has 2 aromatic carbocycles. The normalized spacial score (nSPS) is 17.0. The molecule has 6 nitrogen and oxygen atoms in total. The number of amides is 2. The van der Waals surface area contributed by atoms with Gasteiger partial charge in [0.15, 0.2) is 0 Å².